The number of aromatic nitrogens is 2. The monoisotopic (exact) mass is 896 g/mol. The van der Waals surface area contributed by atoms with E-state index in [1.165, 1.54) is 15.9 Å². The minimum Gasteiger partial charge on any atom is -0.444 e. The maximum atomic E-state index is 14.6. The molecule has 0 spiro atoms. The molecule has 10 rings (SSSR count). The number of aliphatic imine (C=N–C) groups is 2. The van der Waals surface area contributed by atoms with Gasteiger partial charge in [0.05, 0.1) is 30.6 Å². The van der Waals surface area contributed by atoms with Crippen molar-refractivity contribution in [1.82, 2.24) is 9.13 Å². The molecule has 0 amide bonds. The van der Waals surface area contributed by atoms with Crippen LogP contribution in [0.4, 0.5) is 20.4 Å². The second-order valence-corrected chi connectivity index (χ2v) is 16.7. The zero-order chi connectivity index (χ0) is 45.6. The first-order valence-corrected chi connectivity index (χ1v) is 21.5. The van der Waals surface area contributed by atoms with Crippen molar-refractivity contribution < 1.29 is 28.7 Å². The van der Waals surface area contributed by atoms with Crippen LogP contribution < -0.4 is 0 Å². The molecule has 4 aromatic carbocycles. The second-order valence-electron chi connectivity index (χ2n) is 14.7. The van der Waals surface area contributed by atoms with Crippen LogP contribution in [0.25, 0.3) is 41.8 Å². The van der Waals surface area contributed by atoms with E-state index < -0.39 is 23.8 Å². The third-order valence-electron chi connectivity index (χ3n) is 10.9. The third-order valence-corrected chi connectivity index (χ3v) is 13.2. The maximum absolute atomic E-state index is 14.6. The Kier molecular flexibility index (Phi) is 10.1. The van der Waals surface area contributed by atoms with Crippen LogP contribution in [0.2, 0.25) is 0 Å². The molecule has 16 heteroatoms. The zero-order valence-corrected chi connectivity index (χ0v) is 35.4. The number of ketones is 2. The van der Waals surface area contributed by atoms with Crippen LogP contribution in [0.5, 0.6) is 0 Å². The average Bonchev–Trinajstić information content (AvgIpc) is 4.18. The smallest absolute Gasteiger partial charge is 0.420 e. The fraction of sp³-hybridized carbons (Fsp3) is 0.0400. The van der Waals surface area contributed by atoms with Crippen LogP contribution in [0.15, 0.2) is 142 Å². The second kappa shape index (κ2) is 16.4. The molecule has 0 N–H and O–H groups in total. The minimum absolute atomic E-state index is 0.0144. The summed E-state index contributed by atoms with van der Waals surface area (Å²) in [5.41, 5.74) is 2.52. The Hall–Kier alpha value is -9.32. The fourth-order valence-electron chi connectivity index (χ4n) is 8.05. The molecule has 4 heterocycles. The summed E-state index contributed by atoms with van der Waals surface area (Å²) in [5.74, 6) is -1.12. The molecule has 0 aliphatic heterocycles. The van der Waals surface area contributed by atoms with E-state index in [2.05, 4.69) is 0 Å². The van der Waals surface area contributed by atoms with Crippen LogP contribution in [-0.2, 0) is 22.7 Å². The highest BCUT2D eigenvalue weighted by molar-refractivity contribution is 7.32. The summed E-state index contributed by atoms with van der Waals surface area (Å²) < 4.78 is 15.8. The van der Waals surface area contributed by atoms with Crippen molar-refractivity contribution in [3.05, 3.63) is 166 Å². The number of benzene rings is 4. The van der Waals surface area contributed by atoms with E-state index in [1.54, 1.807) is 109 Å². The van der Waals surface area contributed by atoms with Crippen molar-refractivity contribution in [3.63, 3.8) is 0 Å². The number of fused-ring (bicyclic) bond motifs is 7. The molecule has 66 heavy (non-hydrogen) atoms. The Bertz CT molecular complexity index is 3750. The molecule has 8 aromatic rings. The van der Waals surface area contributed by atoms with E-state index >= 15 is 0 Å². The molecule has 0 bridgehead atoms. The number of ether oxygens (including phenoxy) is 2. The predicted molar refractivity (Wildman–Crippen MR) is 247 cm³/mol. The summed E-state index contributed by atoms with van der Waals surface area (Å²) in [6, 6.07) is 41.7. The number of rotatable bonds is 6. The molecule has 312 valence electrons. The Morgan fingerprint density at radius 3 is 1.53 bits per heavy atom. The van der Waals surface area contributed by atoms with E-state index in [-0.39, 0.29) is 79.9 Å². The van der Waals surface area contributed by atoms with Crippen molar-refractivity contribution in [3.8, 4) is 24.3 Å². The van der Waals surface area contributed by atoms with Gasteiger partial charge in [0.1, 0.15) is 70.9 Å². The number of nitrogens with zero attached hydrogens (tertiary/aromatic N) is 8. The molecule has 14 nitrogen and oxygen atoms in total. The lowest BCUT2D eigenvalue weighted by molar-refractivity contribution is 0.106. The molecule has 0 unspecified atom stereocenters. The molecule has 0 fully saturated rings. The number of allylic oxidation sites excluding steroid dienone is 4. The number of carbonyl (C=O) groups excluding carboxylic acids is 4. The number of hydrogen-bond donors (Lipinski definition) is 0. The van der Waals surface area contributed by atoms with Crippen LogP contribution >= 0.6 is 22.7 Å². The summed E-state index contributed by atoms with van der Waals surface area (Å²) >= 11 is 2.34. The Balaban J connectivity index is 1.21. The average molecular weight is 897 g/mol. The molecule has 0 saturated heterocycles. The van der Waals surface area contributed by atoms with E-state index in [0.717, 1.165) is 15.9 Å². The predicted octanol–water partition coefficient (Wildman–Crippen LogP) is 10.8. The lowest BCUT2D eigenvalue weighted by Gasteiger charge is -2.11. The Labute approximate surface area is 381 Å². The molecule has 2 aliphatic rings. The van der Waals surface area contributed by atoms with Crippen molar-refractivity contribution in [1.29, 1.82) is 21.0 Å². The summed E-state index contributed by atoms with van der Waals surface area (Å²) in [4.78, 5) is 66.4. The third kappa shape index (κ3) is 6.59. The number of Topliss-reactive ketones (excluding diaryl/α,β-unsaturated/α-hetero) is 2. The fourth-order valence-corrected chi connectivity index (χ4v) is 10.4. The van der Waals surface area contributed by atoms with E-state index in [0.29, 0.717) is 41.9 Å². The van der Waals surface area contributed by atoms with Crippen LogP contribution in [-0.4, -0.2) is 44.3 Å². The van der Waals surface area contributed by atoms with Gasteiger partial charge in [-0.05, 0) is 28.3 Å². The van der Waals surface area contributed by atoms with Gasteiger partial charge in [0.2, 0.25) is 11.6 Å². The van der Waals surface area contributed by atoms with Crippen LogP contribution in [0, 0.1) is 45.3 Å². The Morgan fingerprint density at radius 2 is 1.02 bits per heavy atom. The molecule has 0 radical (unpaired) electrons. The molecule has 0 saturated carbocycles. The highest BCUT2D eigenvalue weighted by Crippen LogP contribution is 2.49. The first-order chi connectivity index (χ1) is 32.2. The molecular formula is C50H24N8O6S2. The topological polar surface area (TPSA) is 216 Å². The summed E-state index contributed by atoms with van der Waals surface area (Å²) in [6.07, 6.45) is -1.73. The molecule has 2 aliphatic carbocycles. The van der Waals surface area contributed by atoms with Gasteiger partial charge in [0.25, 0.3) is 0 Å². The van der Waals surface area contributed by atoms with Gasteiger partial charge < -0.3 is 9.47 Å². The van der Waals surface area contributed by atoms with Crippen LogP contribution in [0.3, 0.4) is 0 Å². The highest BCUT2D eigenvalue weighted by Gasteiger charge is 2.37. The number of hydrogen-bond acceptors (Lipinski definition) is 14. The first-order valence-electron chi connectivity index (χ1n) is 19.8. The minimum atomic E-state index is -0.910. The van der Waals surface area contributed by atoms with Gasteiger partial charge in [-0.15, -0.1) is 22.7 Å². The lowest BCUT2D eigenvalue weighted by atomic mass is 10.0. The van der Waals surface area contributed by atoms with Gasteiger partial charge >= 0.3 is 12.2 Å². The summed E-state index contributed by atoms with van der Waals surface area (Å²) in [5, 5.41) is 40.0. The SMILES string of the molecule is N#CC(C#N)=C1C(=Nc2cc3c(s2)c2sc4cc(N=C5C(=O)c6ccccc6C5=C(C#N)C#N)n(C(=O)OCc5ccccc5)c4c2n3C(=O)OCc2ccccc2)C(=O)c2ccccc21. The summed E-state index contributed by atoms with van der Waals surface area (Å²) in [6.45, 7) is -0.265. The number of nitriles is 4. The van der Waals surface area contributed by atoms with Gasteiger partial charge in [-0.1, -0.05) is 109 Å². The first kappa shape index (κ1) is 40.7. The quantitative estimate of drug-likeness (QED) is 0.144. The molecular weight excluding hydrogens is 873 g/mol. The van der Waals surface area contributed by atoms with E-state index in [1.807, 2.05) is 36.4 Å². The standard InChI is InChI=1S/C50H24N8O6S2/c51-21-29(22-52)39-31-15-7-9-17-33(31)45(59)41(39)55-37-20-36-43(58(37)50(62)64-26-28-13-5-2-6-14-28)44-48(65-36)47-35(57(44)49(61)63-25-27-11-3-1-4-12-27)19-38(66-47)56-42-40(30(23-53)24-54)32-16-8-10-18-34(32)46(42)60/h1-20H,25-26H2. The van der Waals surface area contributed by atoms with Crippen molar-refractivity contribution >= 4 is 110 Å². The van der Waals surface area contributed by atoms with Gasteiger partial charge in [-0.3, -0.25) is 9.59 Å². The van der Waals surface area contributed by atoms with Gasteiger partial charge in [-0.2, -0.15) is 21.0 Å². The maximum Gasteiger partial charge on any atom is 0.420 e. The summed E-state index contributed by atoms with van der Waals surface area (Å²) in [7, 11) is 0. The van der Waals surface area contributed by atoms with Crippen molar-refractivity contribution in [2.24, 2.45) is 9.98 Å². The van der Waals surface area contributed by atoms with Gasteiger partial charge in [0, 0.05) is 28.3 Å². The largest absolute Gasteiger partial charge is 0.444 e. The van der Waals surface area contributed by atoms with Crippen LogP contribution in [0.1, 0.15) is 43.0 Å². The normalized spacial score (nSPS) is 14.0. The Morgan fingerprint density at radius 1 is 0.545 bits per heavy atom. The lowest BCUT2D eigenvalue weighted by Crippen LogP contribution is -2.16. The molecule has 0 atom stereocenters. The van der Waals surface area contributed by atoms with Crippen molar-refractivity contribution in [2.45, 2.75) is 13.2 Å². The highest BCUT2D eigenvalue weighted by atomic mass is 32.1. The zero-order valence-electron chi connectivity index (χ0n) is 33.8. The van der Waals surface area contributed by atoms with E-state index in [4.69, 9.17) is 19.5 Å². The van der Waals surface area contributed by atoms with Gasteiger partial charge in [0.15, 0.2) is 0 Å². The van der Waals surface area contributed by atoms with E-state index in [9.17, 15) is 40.2 Å². The van der Waals surface area contributed by atoms with Crippen molar-refractivity contribution in [2.75, 3.05) is 0 Å². The number of thiophene rings is 2. The number of carbonyl (C=O) groups is 4. The molecule has 4 aromatic heterocycles. The van der Waals surface area contributed by atoms with Gasteiger partial charge in [-0.25, -0.2) is 28.7 Å².